The van der Waals surface area contributed by atoms with Crippen LogP contribution in [0.5, 0.6) is 0 Å². The molecule has 0 unspecified atom stereocenters. The number of nitrogens with zero attached hydrogens (tertiary/aromatic N) is 3. The minimum absolute atomic E-state index is 0.303. The first-order chi connectivity index (χ1) is 18.5. The first kappa shape index (κ1) is 26.0. The Morgan fingerprint density at radius 1 is 0.895 bits per heavy atom. The molecule has 1 aliphatic carbocycles. The van der Waals surface area contributed by atoms with Gasteiger partial charge >= 0.3 is 5.97 Å². The number of carboxylic acids is 1. The fourth-order valence-electron chi connectivity index (χ4n) is 5.45. The van der Waals surface area contributed by atoms with Gasteiger partial charge in [0.2, 0.25) is 0 Å². The maximum absolute atomic E-state index is 11.1. The molecule has 0 aliphatic heterocycles. The molecular formula is C32H35N3O2S. The maximum Gasteiger partial charge on any atom is 0.335 e. The smallest absolute Gasteiger partial charge is 0.335 e. The summed E-state index contributed by atoms with van der Waals surface area (Å²) in [7, 11) is 4.22. The van der Waals surface area contributed by atoms with E-state index in [1.165, 1.54) is 36.9 Å². The highest BCUT2D eigenvalue weighted by molar-refractivity contribution is 7.14. The summed E-state index contributed by atoms with van der Waals surface area (Å²) >= 11 is 1.62. The number of hydrogen-bond acceptors (Lipinski definition) is 5. The molecule has 1 N–H and O–H groups in total. The van der Waals surface area contributed by atoms with Crippen LogP contribution in [0.4, 0.5) is 10.8 Å². The van der Waals surface area contributed by atoms with Crippen molar-refractivity contribution in [1.29, 1.82) is 0 Å². The second-order valence-corrected chi connectivity index (χ2v) is 11.3. The van der Waals surface area contributed by atoms with Gasteiger partial charge < -0.3 is 14.9 Å². The van der Waals surface area contributed by atoms with Gasteiger partial charge in [-0.3, -0.25) is 0 Å². The lowest BCUT2D eigenvalue weighted by molar-refractivity contribution is 0.0697. The summed E-state index contributed by atoms with van der Waals surface area (Å²) in [6, 6.07) is 26.7. The van der Waals surface area contributed by atoms with Gasteiger partial charge in [0, 0.05) is 43.8 Å². The average molecular weight is 526 g/mol. The van der Waals surface area contributed by atoms with Crippen LogP contribution in [0.3, 0.4) is 0 Å². The summed E-state index contributed by atoms with van der Waals surface area (Å²) in [5, 5.41) is 12.1. The number of aromatic nitrogens is 1. The van der Waals surface area contributed by atoms with Gasteiger partial charge in [-0.2, -0.15) is 0 Å². The van der Waals surface area contributed by atoms with Crippen molar-refractivity contribution in [1.82, 2.24) is 4.98 Å². The highest BCUT2D eigenvalue weighted by Crippen LogP contribution is 2.36. The predicted octanol–water partition coefficient (Wildman–Crippen LogP) is 7.55. The molecule has 0 saturated heterocycles. The third kappa shape index (κ3) is 6.25. The lowest BCUT2D eigenvalue weighted by Crippen LogP contribution is -2.28. The number of aromatic carboxylic acids is 1. The number of hydrogen-bond donors (Lipinski definition) is 1. The fraction of sp³-hybridized carbons (Fsp3) is 0.312. The lowest BCUT2D eigenvalue weighted by Gasteiger charge is -2.32. The third-order valence-electron chi connectivity index (χ3n) is 7.69. The summed E-state index contributed by atoms with van der Waals surface area (Å²) in [4.78, 5) is 20.4. The fourth-order valence-corrected chi connectivity index (χ4v) is 6.25. The molecule has 0 radical (unpaired) electrons. The SMILES string of the molecule is CN(Cc1ccc(C(=O)O)cc1)c1nc(-c2ccc(N(C)C[C@H]3CC[C@H](c4ccccc4)CC3)cc2)cs1. The van der Waals surface area contributed by atoms with Crippen molar-refractivity contribution in [2.24, 2.45) is 5.92 Å². The Hall–Kier alpha value is -3.64. The molecule has 1 saturated carbocycles. The molecule has 38 heavy (non-hydrogen) atoms. The number of thiazole rings is 1. The van der Waals surface area contributed by atoms with E-state index in [0.717, 1.165) is 40.3 Å². The van der Waals surface area contributed by atoms with E-state index in [0.29, 0.717) is 12.1 Å². The number of benzene rings is 3. The standard InChI is InChI=1S/C32H35N3O2S/c1-34(20-23-8-12-26(13-9-23)25-6-4-3-5-7-25)29-18-16-27(17-19-29)30-22-38-32(33-30)35(2)21-24-10-14-28(15-11-24)31(36)37/h3-7,10-11,14-19,22-23,26H,8-9,12-13,20-21H2,1-2H3,(H,36,37)/t23-,26-. The predicted molar refractivity (Wildman–Crippen MR) is 157 cm³/mol. The second-order valence-electron chi connectivity index (χ2n) is 10.4. The van der Waals surface area contributed by atoms with E-state index in [-0.39, 0.29) is 0 Å². The zero-order valence-electron chi connectivity index (χ0n) is 22.1. The van der Waals surface area contributed by atoms with Gasteiger partial charge in [0.05, 0.1) is 11.3 Å². The highest BCUT2D eigenvalue weighted by Gasteiger charge is 2.23. The van der Waals surface area contributed by atoms with E-state index in [2.05, 4.69) is 76.8 Å². The summed E-state index contributed by atoms with van der Waals surface area (Å²) < 4.78 is 0. The van der Waals surface area contributed by atoms with E-state index in [1.807, 2.05) is 19.2 Å². The molecule has 1 aliphatic rings. The molecule has 6 heteroatoms. The Balaban J connectivity index is 1.14. The van der Waals surface area contributed by atoms with Crippen molar-refractivity contribution in [3.05, 3.63) is 101 Å². The van der Waals surface area contributed by atoms with Crippen LogP contribution in [-0.2, 0) is 6.54 Å². The van der Waals surface area contributed by atoms with E-state index in [4.69, 9.17) is 10.1 Å². The molecule has 5 nitrogen and oxygen atoms in total. The molecule has 1 aromatic heterocycles. The van der Waals surface area contributed by atoms with Gasteiger partial charge in [-0.05, 0) is 72.9 Å². The molecular weight excluding hydrogens is 490 g/mol. The lowest BCUT2D eigenvalue weighted by atomic mass is 9.78. The highest BCUT2D eigenvalue weighted by atomic mass is 32.1. The molecule has 196 valence electrons. The van der Waals surface area contributed by atoms with Crippen LogP contribution in [0.25, 0.3) is 11.3 Å². The number of carboxylic acid groups (broad SMARTS) is 1. The Labute approximate surface area is 229 Å². The Morgan fingerprint density at radius 2 is 1.58 bits per heavy atom. The number of anilines is 2. The summed E-state index contributed by atoms with van der Waals surface area (Å²) in [5.74, 6) is 0.561. The van der Waals surface area contributed by atoms with Crippen molar-refractivity contribution in [3.63, 3.8) is 0 Å². The van der Waals surface area contributed by atoms with Gasteiger partial charge in [0.25, 0.3) is 0 Å². The van der Waals surface area contributed by atoms with Crippen LogP contribution in [0.15, 0.2) is 84.2 Å². The molecule has 1 heterocycles. The van der Waals surface area contributed by atoms with Crippen LogP contribution in [-0.4, -0.2) is 36.7 Å². The van der Waals surface area contributed by atoms with Crippen molar-refractivity contribution >= 4 is 28.1 Å². The zero-order chi connectivity index (χ0) is 26.5. The molecule has 4 aromatic rings. The second kappa shape index (κ2) is 11.8. The van der Waals surface area contributed by atoms with Crippen LogP contribution < -0.4 is 9.80 Å². The van der Waals surface area contributed by atoms with Crippen LogP contribution in [0.1, 0.15) is 53.1 Å². The molecule has 0 amide bonds. The molecule has 0 atom stereocenters. The minimum atomic E-state index is -0.905. The zero-order valence-corrected chi connectivity index (χ0v) is 22.9. The largest absolute Gasteiger partial charge is 0.478 e. The van der Waals surface area contributed by atoms with Crippen LogP contribution in [0.2, 0.25) is 0 Å². The van der Waals surface area contributed by atoms with Crippen molar-refractivity contribution in [3.8, 4) is 11.3 Å². The Bertz CT molecular complexity index is 1330. The van der Waals surface area contributed by atoms with Crippen molar-refractivity contribution in [2.75, 3.05) is 30.4 Å². The van der Waals surface area contributed by atoms with E-state index in [1.54, 1.807) is 23.5 Å². The quantitative estimate of drug-likeness (QED) is 0.244. The first-order valence-electron chi connectivity index (χ1n) is 13.3. The molecule has 1 fully saturated rings. The van der Waals surface area contributed by atoms with E-state index in [9.17, 15) is 4.79 Å². The van der Waals surface area contributed by atoms with Crippen LogP contribution in [0, 0.1) is 5.92 Å². The number of carbonyl (C=O) groups is 1. The van der Waals surface area contributed by atoms with Gasteiger partial charge in [-0.1, -0.05) is 54.6 Å². The normalized spacial score (nSPS) is 17.2. The molecule has 0 spiro atoms. The summed E-state index contributed by atoms with van der Waals surface area (Å²) in [5.41, 5.74) is 6.20. The first-order valence-corrected chi connectivity index (χ1v) is 14.2. The monoisotopic (exact) mass is 525 g/mol. The van der Waals surface area contributed by atoms with Gasteiger partial charge in [0.1, 0.15) is 0 Å². The van der Waals surface area contributed by atoms with Crippen molar-refractivity contribution < 1.29 is 9.90 Å². The third-order valence-corrected chi connectivity index (χ3v) is 8.65. The van der Waals surface area contributed by atoms with Gasteiger partial charge in [-0.25, -0.2) is 9.78 Å². The Morgan fingerprint density at radius 3 is 2.24 bits per heavy atom. The molecule has 5 rings (SSSR count). The molecule has 0 bridgehead atoms. The minimum Gasteiger partial charge on any atom is -0.478 e. The average Bonchev–Trinajstić information content (AvgIpc) is 3.45. The number of rotatable bonds is 9. The van der Waals surface area contributed by atoms with Gasteiger partial charge in [0.15, 0.2) is 5.13 Å². The topological polar surface area (TPSA) is 56.7 Å². The maximum atomic E-state index is 11.1. The molecule has 3 aromatic carbocycles. The van der Waals surface area contributed by atoms with Crippen LogP contribution >= 0.6 is 11.3 Å². The Kier molecular flexibility index (Phi) is 8.08. The van der Waals surface area contributed by atoms with Crippen molar-refractivity contribution in [2.45, 2.75) is 38.1 Å². The summed E-state index contributed by atoms with van der Waals surface area (Å²) in [6.45, 7) is 1.77. The van der Waals surface area contributed by atoms with Gasteiger partial charge in [-0.15, -0.1) is 11.3 Å². The van der Waals surface area contributed by atoms with E-state index >= 15 is 0 Å². The summed E-state index contributed by atoms with van der Waals surface area (Å²) in [6.07, 6.45) is 5.16. The van der Waals surface area contributed by atoms with E-state index < -0.39 is 5.97 Å².